The Hall–Kier alpha value is -10.1. The Morgan fingerprint density at radius 1 is 0.640 bits per heavy atom. The summed E-state index contributed by atoms with van der Waals surface area (Å²) in [6.07, 6.45) is -3.15. The van der Waals surface area contributed by atoms with Gasteiger partial charge in [-0.25, -0.2) is 9.37 Å². The number of aromatic nitrogens is 2. The third kappa shape index (κ3) is 29.9. The zero-order chi connectivity index (χ0) is 81.6. The highest BCUT2D eigenvalue weighted by atomic mass is 32.1. The molecule has 111 heavy (non-hydrogen) atoms. The van der Waals surface area contributed by atoms with Crippen LogP contribution in [0.25, 0.3) is 11.1 Å². The summed E-state index contributed by atoms with van der Waals surface area (Å²) in [5.74, 6) is -16.2. The summed E-state index contributed by atoms with van der Waals surface area (Å²) >= 11 is 0. The fourth-order valence-corrected chi connectivity index (χ4v) is 12.7. The van der Waals surface area contributed by atoms with E-state index in [1.807, 2.05) is 69.3 Å². The standard InChI is InChI=1S/C80H108FN11O18.H2S/c1-9-52-37-58(110-32-13-12-30-82)23-24-59(52)53-21-19-50(20-22-53)36-55(74(105)88-62(73(84)104)18-14-15-51-34-46(2)33-47(3)35-51)38-65(97)63(40-70(102)103)89-75(106)56(44-93)39-66(98)71(48(4)94)92-78(109)80(8,41-54-16-10-11-17-60(54)81)42-67(99)72(49(5)95)91-69(101)28-26-64(96)61(25-27-68(83)100)90-77(108)79(6,7)76(107)86-31-29-57-43-85-45-87-57;/h10-11,16-17,19-24,33-35,37,43,45,48-49,55-56,61-63,71-72,93-95H,9,12-15,18,25-32,36,38-42,44,82H2,1-8H3,(H2,83,100)(H2,84,104)(H,85,87)(H,86,107)(H,88,105)(H,89,106)(H,90,108)(H,91,101)(H,92,109)(H,102,103);1H2/t48-,49-,55-,56+,61+,62+,63+,71+,72+,80-;/m1./s1. The van der Waals surface area contributed by atoms with Crippen molar-refractivity contribution in [3.63, 3.8) is 0 Å². The van der Waals surface area contributed by atoms with Crippen LogP contribution in [-0.2, 0) is 94.4 Å². The molecule has 0 saturated heterocycles. The van der Waals surface area contributed by atoms with Crippen LogP contribution in [0.3, 0.4) is 0 Å². The molecule has 0 bridgehead atoms. The van der Waals surface area contributed by atoms with Gasteiger partial charge >= 0.3 is 5.97 Å². The molecular formula is C80H110FN11O18S. The van der Waals surface area contributed by atoms with E-state index >= 15 is 4.39 Å². The van der Waals surface area contributed by atoms with Gasteiger partial charge in [0, 0.05) is 69.3 Å². The second kappa shape index (κ2) is 45.3. The molecule has 1 heterocycles. The highest BCUT2D eigenvalue weighted by Crippen LogP contribution is 2.33. The Bertz CT molecular complexity index is 4000. The minimum absolute atomic E-state index is 0. The number of ketones is 4. The molecule has 606 valence electrons. The number of benzene rings is 4. The monoisotopic (exact) mass is 1560 g/mol. The molecule has 0 aliphatic heterocycles. The predicted octanol–water partition coefficient (Wildman–Crippen LogP) is 3.69. The smallest absolute Gasteiger partial charge is 0.305 e. The van der Waals surface area contributed by atoms with Gasteiger partial charge in [0.25, 0.3) is 0 Å². The first-order valence-corrected chi connectivity index (χ1v) is 37.0. The lowest BCUT2D eigenvalue weighted by atomic mass is 9.76. The molecule has 4 aromatic carbocycles. The number of halogens is 1. The third-order valence-corrected chi connectivity index (χ3v) is 19.2. The van der Waals surface area contributed by atoms with Gasteiger partial charge in [-0.1, -0.05) is 91.7 Å². The van der Waals surface area contributed by atoms with E-state index in [0.29, 0.717) is 55.8 Å². The summed E-state index contributed by atoms with van der Waals surface area (Å²) in [6.45, 7) is 12.0. The number of primary amides is 2. The number of nitrogens with one attached hydrogen (secondary N) is 7. The molecule has 17 N–H and O–H groups in total. The second-order valence-electron chi connectivity index (χ2n) is 29.0. The van der Waals surface area contributed by atoms with Crippen LogP contribution in [0.5, 0.6) is 5.75 Å². The first-order valence-electron chi connectivity index (χ1n) is 37.0. The number of hydrogen-bond acceptors (Lipinski definition) is 19. The summed E-state index contributed by atoms with van der Waals surface area (Å²) in [5, 5.41) is 57.9. The van der Waals surface area contributed by atoms with Gasteiger partial charge in [-0.05, 0) is 157 Å². The average Bonchev–Trinajstić information content (AvgIpc) is 0.996. The summed E-state index contributed by atoms with van der Waals surface area (Å²) in [5.41, 5.74) is 20.0. The number of imidazole rings is 1. The number of amides is 8. The molecule has 8 amide bonds. The van der Waals surface area contributed by atoms with E-state index in [2.05, 4.69) is 41.9 Å². The van der Waals surface area contributed by atoms with Crippen molar-refractivity contribution >= 4 is 89.9 Å². The van der Waals surface area contributed by atoms with Crippen LogP contribution in [0.4, 0.5) is 4.39 Å². The van der Waals surface area contributed by atoms with Crippen LogP contribution in [0.1, 0.15) is 158 Å². The Kier molecular flexibility index (Phi) is 38.1. The van der Waals surface area contributed by atoms with Gasteiger partial charge in [-0.2, -0.15) is 13.5 Å². The molecule has 0 fully saturated rings. The molecule has 5 rings (SSSR count). The maximum atomic E-state index is 15.5. The summed E-state index contributed by atoms with van der Waals surface area (Å²) in [4.78, 5) is 185. The fourth-order valence-electron chi connectivity index (χ4n) is 12.7. The topological polar surface area (TPSA) is 491 Å². The van der Waals surface area contributed by atoms with Gasteiger partial charge in [-0.15, -0.1) is 0 Å². The van der Waals surface area contributed by atoms with Gasteiger partial charge in [0.1, 0.15) is 35.1 Å². The number of rotatable bonds is 50. The van der Waals surface area contributed by atoms with Gasteiger partial charge in [0.2, 0.25) is 47.3 Å². The van der Waals surface area contributed by atoms with Crippen molar-refractivity contribution in [3.8, 4) is 16.9 Å². The summed E-state index contributed by atoms with van der Waals surface area (Å²) < 4.78 is 21.5. The van der Waals surface area contributed by atoms with Crippen molar-refractivity contribution in [2.24, 2.45) is 39.9 Å². The summed E-state index contributed by atoms with van der Waals surface area (Å²) in [6, 6.07) is 15.8. The number of carboxylic acids is 1. The van der Waals surface area contributed by atoms with Crippen LogP contribution in [-0.4, -0.2) is 175 Å². The number of aromatic amines is 1. The molecule has 0 unspecified atom stereocenters. The lowest BCUT2D eigenvalue weighted by Crippen LogP contribution is -2.55. The predicted molar refractivity (Wildman–Crippen MR) is 415 cm³/mol. The third-order valence-electron chi connectivity index (χ3n) is 19.2. The number of nitrogens with two attached hydrogens (primary N) is 3. The van der Waals surface area contributed by atoms with Crippen LogP contribution in [0, 0.1) is 42.3 Å². The normalized spacial score (nSPS) is 14.3. The number of carboxylic acid groups (broad SMARTS) is 1. The lowest BCUT2D eigenvalue weighted by molar-refractivity contribution is -0.143. The van der Waals surface area contributed by atoms with Crippen molar-refractivity contribution < 1.29 is 91.9 Å². The minimum atomic E-state index is -2.11. The number of hydrogen-bond donors (Lipinski definition) is 14. The Morgan fingerprint density at radius 2 is 1.28 bits per heavy atom. The minimum Gasteiger partial charge on any atom is -0.494 e. The maximum Gasteiger partial charge on any atom is 0.305 e. The molecule has 29 nitrogen and oxygen atoms in total. The number of aliphatic hydroxyl groups is 3. The SMILES string of the molecule is CCc1cc(OCCCCN)ccc1-c1ccc(C[C@H](CC(=O)[C@H](CC(=O)O)NC(=O)[C@H](CO)CC(=O)[C@@H](NC(=O)[C@@](C)(CC(=O)[C@@H](NC(=O)CCC(=O)[C@H](CCC(N)=O)NC(=O)C(C)(C)C(=O)NCCc2cnc[nH]2)[C@@H](C)O)Cc2ccccc2F)[C@@H](C)O)C(=O)N[C@@H](CCCc2cc(C)cc(C)c2)C(N)=O)cc1.S. The number of ether oxygens (including phenoxy) is 1. The molecule has 0 aliphatic rings. The highest BCUT2D eigenvalue weighted by molar-refractivity contribution is 7.59. The molecule has 1 aromatic heterocycles. The number of nitrogens with zero attached hydrogens (tertiary/aromatic N) is 1. The molecule has 0 radical (unpaired) electrons. The van der Waals surface area contributed by atoms with Gasteiger partial charge in [-0.3, -0.25) is 62.3 Å². The van der Waals surface area contributed by atoms with Crippen LogP contribution in [0.15, 0.2) is 97.5 Å². The average molecular weight is 1560 g/mol. The van der Waals surface area contributed by atoms with Crippen molar-refractivity contribution in [3.05, 3.63) is 142 Å². The first-order chi connectivity index (χ1) is 52.0. The first kappa shape index (κ1) is 93.3. The van der Waals surface area contributed by atoms with Gasteiger partial charge in [0.15, 0.2) is 23.1 Å². The van der Waals surface area contributed by atoms with Gasteiger partial charge < -0.3 is 79.2 Å². The molecule has 0 saturated carbocycles. The number of carbonyl (C=O) groups excluding carboxylic acids is 12. The zero-order valence-electron chi connectivity index (χ0n) is 64.3. The Balaban J connectivity index is 0.0000260. The number of unbranched alkanes of at least 4 members (excludes halogenated alkanes) is 1. The summed E-state index contributed by atoms with van der Waals surface area (Å²) in [7, 11) is 0. The number of aliphatic hydroxyl groups excluding tert-OH is 3. The van der Waals surface area contributed by atoms with Crippen molar-refractivity contribution in [2.75, 3.05) is 26.3 Å². The van der Waals surface area contributed by atoms with E-state index in [1.165, 1.54) is 45.3 Å². The van der Waals surface area contributed by atoms with E-state index in [1.54, 1.807) is 18.3 Å². The van der Waals surface area contributed by atoms with Crippen molar-refractivity contribution in [1.82, 2.24) is 41.9 Å². The molecule has 10 atom stereocenters. The largest absolute Gasteiger partial charge is 0.494 e. The Labute approximate surface area is 652 Å². The van der Waals surface area contributed by atoms with E-state index in [-0.39, 0.29) is 51.3 Å². The van der Waals surface area contributed by atoms with E-state index < -0.39 is 199 Å². The van der Waals surface area contributed by atoms with E-state index in [0.717, 1.165) is 66.1 Å². The van der Waals surface area contributed by atoms with E-state index in [4.69, 9.17) is 21.9 Å². The molecule has 0 spiro atoms. The van der Waals surface area contributed by atoms with Crippen molar-refractivity contribution in [1.29, 1.82) is 0 Å². The zero-order valence-corrected chi connectivity index (χ0v) is 65.3. The number of Topliss-reactive ketones (excluding diaryl/α,β-unsaturated/α-hetero) is 4. The van der Waals surface area contributed by atoms with Crippen molar-refractivity contribution in [2.45, 2.75) is 207 Å². The quantitative estimate of drug-likeness (QED) is 0.0195. The number of aliphatic carboxylic acids is 1. The molecule has 5 aromatic rings. The lowest BCUT2D eigenvalue weighted by Gasteiger charge is -2.33. The molecular weight excluding hydrogens is 1450 g/mol. The Morgan fingerprint density at radius 3 is 1.87 bits per heavy atom. The number of aryl methyl sites for hydroxylation is 4. The van der Waals surface area contributed by atoms with Crippen LogP contribution in [0.2, 0.25) is 0 Å². The maximum absolute atomic E-state index is 15.5. The highest BCUT2D eigenvalue weighted by Gasteiger charge is 2.44. The van der Waals surface area contributed by atoms with Crippen LogP contribution < -0.4 is 53.8 Å². The molecule has 0 aliphatic carbocycles. The fraction of sp³-hybridized carbons (Fsp3) is 0.500. The second-order valence-corrected chi connectivity index (χ2v) is 29.0. The number of carbonyl (C=O) groups is 13. The molecule has 31 heteroatoms. The number of H-pyrrole nitrogens is 1. The van der Waals surface area contributed by atoms with Gasteiger partial charge in [0.05, 0.1) is 61.6 Å². The van der Waals surface area contributed by atoms with E-state index in [9.17, 15) is 82.8 Å². The van der Waals surface area contributed by atoms with Crippen LogP contribution >= 0.6 is 13.5 Å².